The van der Waals surface area contributed by atoms with E-state index in [4.69, 9.17) is 0 Å². The predicted octanol–water partition coefficient (Wildman–Crippen LogP) is 1.55. The van der Waals surface area contributed by atoms with E-state index in [0.29, 0.717) is 13.1 Å². The molecule has 0 unspecified atom stereocenters. The Morgan fingerprint density at radius 3 is 2.87 bits per heavy atom. The average Bonchev–Trinajstić information content (AvgIpc) is 2.18. The van der Waals surface area contributed by atoms with Crippen LogP contribution in [-0.2, 0) is 6.54 Å². The van der Waals surface area contributed by atoms with Gasteiger partial charge in [0.25, 0.3) is 0 Å². The lowest BCUT2D eigenvalue weighted by Gasteiger charge is -2.16. The molecule has 82 valence electrons. The molecule has 0 spiro atoms. The summed E-state index contributed by atoms with van der Waals surface area (Å²) >= 11 is 0. The van der Waals surface area contributed by atoms with Gasteiger partial charge in [-0.1, -0.05) is 6.07 Å². The second kappa shape index (κ2) is 5.34. The molecule has 0 aromatic carbocycles. The number of carbonyl (C=O) groups excluding carboxylic acids is 1. The Bertz CT molecular complexity index is 338. The van der Waals surface area contributed by atoms with E-state index >= 15 is 0 Å². The average molecular weight is 207 g/mol. The smallest absolute Gasteiger partial charge is 0.317 e. The van der Waals surface area contributed by atoms with Gasteiger partial charge in [-0.2, -0.15) is 0 Å². The Balaban J connectivity index is 2.58. The lowest BCUT2D eigenvalue weighted by atomic mass is 10.3. The highest BCUT2D eigenvalue weighted by Crippen LogP contribution is 2.01. The minimum Gasteiger partial charge on any atom is -0.338 e. The minimum absolute atomic E-state index is 0.0687. The molecule has 0 saturated carbocycles. The van der Waals surface area contributed by atoms with Crippen LogP contribution in [-0.4, -0.2) is 29.5 Å². The fraction of sp³-hybridized carbons (Fsp3) is 0.455. The quantitative estimate of drug-likeness (QED) is 0.817. The molecule has 0 aliphatic rings. The van der Waals surface area contributed by atoms with Crippen molar-refractivity contribution in [2.75, 3.05) is 13.6 Å². The summed E-state index contributed by atoms with van der Waals surface area (Å²) < 4.78 is 0. The first-order valence-corrected chi connectivity index (χ1v) is 5.05. The summed E-state index contributed by atoms with van der Waals surface area (Å²) in [5.41, 5.74) is 1.88. The van der Waals surface area contributed by atoms with Crippen molar-refractivity contribution in [1.82, 2.24) is 15.2 Å². The van der Waals surface area contributed by atoms with E-state index in [1.165, 1.54) is 0 Å². The molecule has 0 radical (unpaired) electrons. The molecule has 1 heterocycles. The van der Waals surface area contributed by atoms with Gasteiger partial charge in [-0.05, 0) is 26.0 Å². The van der Waals surface area contributed by atoms with Crippen LogP contribution in [0.4, 0.5) is 4.79 Å². The monoisotopic (exact) mass is 207 g/mol. The maximum absolute atomic E-state index is 11.4. The number of rotatable bonds is 3. The van der Waals surface area contributed by atoms with Gasteiger partial charge in [-0.15, -0.1) is 0 Å². The Morgan fingerprint density at radius 1 is 1.53 bits per heavy atom. The largest absolute Gasteiger partial charge is 0.338 e. The van der Waals surface area contributed by atoms with Crippen LogP contribution < -0.4 is 5.32 Å². The zero-order valence-electron chi connectivity index (χ0n) is 9.45. The number of urea groups is 1. The normalized spacial score (nSPS) is 9.80. The highest BCUT2D eigenvalue weighted by molar-refractivity contribution is 5.73. The summed E-state index contributed by atoms with van der Waals surface area (Å²) in [5.74, 6) is 0. The molecule has 2 amide bonds. The first-order valence-electron chi connectivity index (χ1n) is 5.05. The fourth-order valence-electron chi connectivity index (χ4n) is 1.29. The van der Waals surface area contributed by atoms with Gasteiger partial charge in [0.05, 0.1) is 12.2 Å². The lowest BCUT2D eigenvalue weighted by molar-refractivity contribution is 0.207. The summed E-state index contributed by atoms with van der Waals surface area (Å²) in [6.07, 6.45) is 0. The summed E-state index contributed by atoms with van der Waals surface area (Å²) in [7, 11) is 1.76. The molecule has 1 aromatic rings. The third-order valence-corrected chi connectivity index (χ3v) is 2.02. The number of aromatic nitrogens is 1. The number of nitrogens with one attached hydrogen (secondary N) is 1. The molecule has 0 saturated heterocycles. The van der Waals surface area contributed by atoms with Crippen molar-refractivity contribution in [3.05, 3.63) is 29.6 Å². The number of carbonyl (C=O) groups is 1. The molecule has 0 bridgehead atoms. The summed E-state index contributed by atoms with van der Waals surface area (Å²) in [6.45, 7) is 5.02. The number of nitrogens with zero attached hydrogens (tertiary/aromatic N) is 2. The third kappa shape index (κ3) is 3.58. The Hall–Kier alpha value is -1.58. The van der Waals surface area contributed by atoms with Gasteiger partial charge in [-0.3, -0.25) is 4.98 Å². The molecule has 0 aliphatic heterocycles. The number of hydrogen-bond acceptors (Lipinski definition) is 2. The zero-order chi connectivity index (χ0) is 11.3. The van der Waals surface area contributed by atoms with E-state index < -0.39 is 0 Å². The zero-order valence-corrected chi connectivity index (χ0v) is 9.45. The first-order chi connectivity index (χ1) is 7.13. The molecule has 15 heavy (non-hydrogen) atoms. The van der Waals surface area contributed by atoms with Crippen LogP contribution in [0, 0.1) is 6.92 Å². The molecule has 1 N–H and O–H groups in total. The molecule has 1 aromatic heterocycles. The van der Waals surface area contributed by atoms with Crippen molar-refractivity contribution in [3.63, 3.8) is 0 Å². The van der Waals surface area contributed by atoms with Gasteiger partial charge < -0.3 is 10.2 Å². The van der Waals surface area contributed by atoms with Crippen LogP contribution in [0.1, 0.15) is 18.3 Å². The van der Waals surface area contributed by atoms with Gasteiger partial charge in [0.1, 0.15) is 0 Å². The van der Waals surface area contributed by atoms with Crippen molar-refractivity contribution in [1.29, 1.82) is 0 Å². The number of pyridine rings is 1. The van der Waals surface area contributed by atoms with E-state index in [2.05, 4.69) is 10.3 Å². The minimum atomic E-state index is -0.0687. The van der Waals surface area contributed by atoms with E-state index in [1.54, 1.807) is 11.9 Å². The van der Waals surface area contributed by atoms with Crippen molar-refractivity contribution >= 4 is 6.03 Å². The van der Waals surface area contributed by atoms with Crippen molar-refractivity contribution in [2.24, 2.45) is 0 Å². The predicted molar refractivity (Wildman–Crippen MR) is 59.5 cm³/mol. The van der Waals surface area contributed by atoms with Crippen LogP contribution in [0.5, 0.6) is 0 Å². The van der Waals surface area contributed by atoms with Crippen molar-refractivity contribution < 1.29 is 4.79 Å². The standard InChI is InChI=1S/C11H17N3O/c1-4-12-11(15)14(3)8-10-7-5-6-9(2)13-10/h5-7H,4,8H2,1-3H3,(H,12,15). The lowest BCUT2D eigenvalue weighted by Crippen LogP contribution is -2.36. The van der Waals surface area contributed by atoms with E-state index in [0.717, 1.165) is 11.4 Å². The highest BCUT2D eigenvalue weighted by Gasteiger charge is 2.07. The Morgan fingerprint density at radius 2 is 2.27 bits per heavy atom. The molecule has 4 heteroatoms. The van der Waals surface area contributed by atoms with E-state index in [-0.39, 0.29) is 6.03 Å². The summed E-state index contributed by atoms with van der Waals surface area (Å²) in [5, 5.41) is 2.74. The van der Waals surface area contributed by atoms with Crippen LogP contribution in [0.3, 0.4) is 0 Å². The van der Waals surface area contributed by atoms with Crippen LogP contribution in [0.15, 0.2) is 18.2 Å². The maximum Gasteiger partial charge on any atom is 0.317 e. The van der Waals surface area contributed by atoms with Crippen LogP contribution in [0.25, 0.3) is 0 Å². The molecule has 0 atom stereocenters. The number of aryl methyl sites for hydroxylation is 1. The molecule has 0 aliphatic carbocycles. The first kappa shape index (κ1) is 11.5. The number of hydrogen-bond donors (Lipinski definition) is 1. The molecule has 4 nitrogen and oxygen atoms in total. The van der Waals surface area contributed by atoms with Crippen molar-refractivity contribution in [3.8, 4) is 0 Å². The van der Waals surface area contributed by atoms with Crippen LogP contribution >= 0.6 is 0 Å². The SMILES string of the molecule is CCNC(=O)N(C)Cc1cccc(C)n1. The van der Waals surface area contributed by atoms with Gasteiger partial charge in [0.2, 0.25) is 0 Å². The van der Waals surface area contributed by atoms with Gasteiger partial charge in [-0.25, -0.2) is 4.79 Å². The molecular formula is C11H17N3O. The second-order valence-electron chi connectivity index (χ2n) is 3.46. The second-order valence-corrected chi connectivity index (χ2v) is 3.46. The summed E-state index contributed by atoms with van der Waals surface area (Å²) in [4.78, 5) is 17.4. The van der Waals surface area contributed by atoms with Crippen molar-refractivity contribution in [2.45, 2.75) is 20.4 Å². The highest BCUT2D eigenvalue weighted by atomic mass is 16.2. The topological polar surface area (TPSA) is 45.2 Å². The fourth-order valence-corrected chi connectivity index (χ4v) is 1.29. The summed E-state index contributed by atoms with van der Waals surface area (Å²) in [6, 6.07) is 5.74. The van der Waals surface area contributed by atoms with Gasteiger partial charge >= 0.3 is 6.03 Å². The Labute approximate surface area is 90.3 Å². The number of amides is 2. The Kier molecular flexibility index (Phi) is 4.09. The molecule has 1 rings (SSSR count). The molecular weight excluding hydrogens is 190 g/mol. The molecule has 0 fully saturated rings. The van der Waals surface area contributed by atoms with Crippen LogP contribution in [0.2, 0.25) is 0 Å². The van der Waals surface area contributed by atoms with E-state index in [9.17, 15) is 4.79 Å². The van der Waals surface area contributed by atoms with Gasteiger partial charge in [0.15, 0.2) is 0 Å². The van der Waals surface area contributed by atoms with Gasteiger partial charge in [0, 0.05) is 19.3 Å². The third-order valence-electron chi connectivity index (χ3n) is 2.02. The maximum atomic E-state index is 11.4. The van der Waals surface area contributed by atoms with E-state index in [1.807, 2.05) is 32.0 Å².